The second-order valence-electron chi connectivity index (χ2n) is 7.38. The third-order valence-corrected chi connectivity index (χ3v) is 9.20. The maximum atomic E-state index is 12.9. The first-order valence-corrected chi connectivity index (χ1v) is 12.9. The lowest BCUT2D eigenvalue weighted by molar-refractivity contribution is 0.0730. The fourth-order valence-electron chi connectivity index (χ4n) is 3.12. The molecule has 174 valence electrons. The summed E-state index contributed by atoms with van der Waals surface area (Å²) in [6.45, 7) is 2.79. The summed E-state index contributed by atoms with van der Waals surface area (Å²) in [7, 11) is -4.85. The molecule has 2 aromatic rings. The van der Waals surface area contributed by atoms with Crippen LogP contribution in [0.2, 0.25) is 5.02 Å². The van der Waals surface area contributed by atoms with Crippen molar-refractivity contribution in [3.8, 4) is 0 Å². The number of hydrogen-bond acceptors (Lipinski definition) is 6. The molecule has 0 aromatic heterocycles. The number of benzene rings is 2. The number of amides is 1. The van der Waals surface area contributed by atoms with E-state index in [1.54, 1.807) is 13.0 Å². The Labute approximate surface area is 193 Å². The topological polar surface area (TPSA) is 113 Å². The van der Waals surface area contributed by atoms with Crippen molar-refractivity contribution in [2.24, 2.45) is 0 Å². The van der Waals surface area contributed by atoms with Gasteiger partial charge in [-0.1, -0.05) is 17.7 Å². The first-order chi connectivity index (χ1) is 14.9. The largest absolute Gasteiger partial charge is 0.379 e. The van der Waals surface area contributed by atoms with Crippen LogP contribution in [0.4, 0.5) is 5.69 Å². The zero-order valence-electron chi connectivity index (χ0n) is 17.8. The molecule has 0 radical (unpaired) electrons. The van der Waals surface area contributed by atoms with Crippen LogP contribution in [0.1, 0.15) is 15.9 Å². The van der Waals surface area contributed by atoms with Gasteiger partial charge in [0, 0.05) is 38.4 Å². The van der Waals surface area contributed by atoms with Crippen LogP contribution < -0.4 is 5.32 Å². The highest BCUT2D eigenvalue weighted by Gasteiger charge is 2.28. The first-order valence-electron chi connectivity index (χ1n) is 9.66. The van der Waals surface area contributed by atoms with E-state index >= 15 is 0 Å². The van der Waals surface area contributed by atoms with E-state index in [1.807, 2.05) is 0 Å². The quantitative estimate of drug-likeness (QED) is 0.649. The van der Waals surface area contributed by atoms with Crippen molar-refractivity contribution in [1.82, 2.24) is 8.61 Å². The van der Waals surface area contributed by atoms with Gasteiger partial charge >= 0.3 is 0 Å². The number of hydrogen-bond donors (Lipinski definition) is 1. The zero-order valence-corrected chi connectivity index (χ0v) is 20.2. The van der Waals surface area contributed by atoms with Gasteiger partial charge < -0.3 is 10.1 Å². The highest BCUT2D eigenvalue weighted by Crippen LogP contribution is 2.28. The lowest BCUT2D eigenvalue weighted by Gasteiger charge is -2.26. The molecular weight excluding hydrogens is 478 g/mol. The highest BCUT2D eigenvalue weighted by atomic mass is 35.5. The number of sulfonamides is 2. The van der Waals surface area contributed by atoms with E-state index in [2.05, 4.69) is 5.32 Å². The molecule has 9 nitrogen and oxygen atoms in total. The summed E-state index contributed by atoms with van der Waals surface area (Å²) >= 11 is 6.05. The van der Waals surface area contributed by atoms with Crippen molar-refractivity contribution in [3.05, 3.63) is 52.5 Å². The molecular formula is C20H24ClN3O6S2. The van der Waals surface area contributed by atoms with E-state index in [0.29, 0.717) is 18.8 Å². The van der Waals surface area contributed by atoms with Crippen LogP contribution in [0.3, 0.4) is 0 Å². The molecule has 0 unspecified atom stereocenters. The van der Waals surface area contributed by atoms with E-state index in [0.717, 1.165) is 4.31 Å². The monoisotopic (exact) mass is 501 g/mol. The fraction of sp³-hybridized carbons (Fsp3) is 0.350. The average molecular weight is 502 g/mol. The van der Waals surface area contributed by atoms with E-state index in [4.69, 9.17) is 16.3 Å². The third-order valence-electron chi connectivity index (χ3n) is 5.01. The molecule has 32 heavy (non-hydrogen) atoms. The molecule has 0 spiro atoms. The summed E-state index contributed by atoms with van der Waals surface area (Å²) in [6, 6.07) is 8.45. The van der Waals surface area contributed by atoms with Crippen molar-refractivity contribution in [1.29, 1.82) is 0 Å². The SMILES string of the molecule is Cc1ccc(S(=O)(=O)N2CCOCC2)cc1C(=O)Nc1ccc(Cl)c(S(=O)(=O)N(C)C)c1. The number of ether oxygens (including phenoxy) is 1. The minimum absolute atomic E-state index is 0.00197. The summed E-state index contributed by atoms with van der Waals surface area (Å²) in [5.74, 6) is -0.572. The molecule has 1 amide bonds. The number of anilines is 1. The second kappa shape index (κ2) is 9.46. The Bertz CT molecular complexity index is 1240. The predicted octanol–water partition coefficient (Wildman–Crippen LogP) is 2.17. The molecule has 3 rings (SSSR count). The van der Waals surface area contributed by atoms with Crippen LogP contribution in [-0.4, -0.2) is 71.8 Å². The Morgan fingerprint density at radius 3 is 2.34 bits per heavy atom. The fourth-order valence-corrected chi connectivity index (χ4v) is 5.94. The van der Waals surface area contributed by atoms with Crippen molar-refractivity contribution >= 4 is 43.2 Å². The Kier molecular flexibility index (Phi) is 7.28. The van der Waals surface area contributed by atoms with Gasteiger partial charge in [0.25, 0.3) is 5.91 Å². The molecule has 0 saturated carbocycles. The number of rotatable bonds is 6. The minimum Gasteiger partial charge on any atom is -0.379 e. The summed E-state index contributed by atoms with van der Waals surface area (Å²) in [4.78, 5) is 12.8. The number of halogens is 1. The van der Waals surface area contributed by atoms with Gasteiger partial charge in [-0.15, -0.1) is 0 Å². The number of morpholine rings is 1. The maximum Gasteiger partial charge on any atom is 0.255 e. The van der Waals surface area contributed by atoms with E-state index in [-0.39, 0.29) is 39.2 Å². The molecule has 2 aromatic carbocycles. The number of nitrogens with one attached hydrogen (secondary N) is 1. The maximum absolute atomic E-state index is 12.9. The molecule has 0 bridgehead atoms. The lowest BCUT2D eigenvalue weighted by Crippen LogP contribution is -2.40. The highest BCUT2D eigenvalue weighted by molar-refractivity contribution is 7.89. The molecule has 0 atom stereocenters. The zero-order chi connectivity index (χ0) is 23.7. The molecule has 12 heteroatoms. The van der Waals surface area contributed by atoms with Gasteiger partial charge in [0.05, 0.1) is 23.1 Å². The van der Waals surface area contributed by atoms with Gasteiger partial charge in [-0.2, -0.15) is 4.31 Å². The van der Waals surface area contributed by atoms with Gasteiger partial charge in [-0.3, -0.25) is 4.79 Å². The molecule has 1 N–H and O–H groups in total. The number of aryl methyl sites for hydroxylation is 1. The summed E-state index contributed by atoms with van der Waals surface area (Å²) < 4.78 is 58.4. The van der Waals surface area contributed by atoms with Crippen molar-refractivity contribution < 1.29 is 26.4 Å². The van der Waals surface area contributed by atoms with Gasteiger partial charge in [0.15, 0.2) is 0 Å². The summed E-state index contributed by atoms with van der Waals surface area (Å²) in [5.41, 5.74) is 0.936. The Morgan fingerprint density at radius 1 is 1.06 bits per heavy atom. The van der Waals surface area contributed by atoms with E-state index < -0.39 is 26.0 Å². The predicted molar refractivity (Wildman–Crippen MR) is 121 cm³/mol. The van der Waals surface area contributed by atoms with Gasteiger partial charge in [-0.05, 0) is 42.8 Å². The number of nitrogens with zero attached hydrogens (tertiary/aromatic N) is 2. The minimum atomic E-state index is -3.82. The standard InChI is InChI=1S/C20H24ClN3O6S2/c1-14-4-6-16(31(26,27)24-8-10-30-11-9-24)13-17(14)20(25)22-15-5-7-18(21)19(12-15)32(28,29)23(2)3/h4-7,12-13H,8-11H2,1-3H3,(H,22,25). The van der Waals surface area contributed by atoms with Crippen LogP contribution in [-0.2, 0) is 24.8 Å². The van der Waals surface area contributed by atoms with Gasteiger partial charge in [0.1, 0.15) is 4.90 Å². The van der Waals surface area contributed by atoms with Gasteiger partial charge in [-0.25, -0.2) is 21.1 Å². The van der Waals surface area contributed by atoms with Crippen molar-refractivity contribution in [2.75, 3.05) is 45.7 Å². The Hall–Kier alpha value is -2.02. The third kappa shape index (κ3) is 4.98. The van der Waals surface area contributed by atoms with Crippen LogP contribution >= 0.6 is 11.6 Å². The molecule has 0 aliphatic carbocycles. The second-order valence-corrected chi connectivity index (χ2v) is 11.8. The summed E-state index contributed by atoms with van der Waals surface area (Å²) in [6.07, 6.45) is 0. The van der Waals surface area contributed by atoms with Crippen LogP contribution in [0.15, 0.2) is 46.2 Å². The van der Waals surface area contributed by atoms with Crippen LogP contribution in [0.25, 0.3) is 0 Å². The summed E-state index contributed by atoms with van der Waals surface area (Å²) in [5, 5.41) is 2.65. The van der Waals surface area contributed by atoms with Crippen LogP contribution in [0, 0.1) is 6.92 Å². The molecule has 1 heterocycles. The van der Waals surface area contributed by atoms with E-state index in [9.17, 15) is 21.6 Å². The Morgan fingerprint density at radius 2 is 1.72 bits per heavy atom. The number of carbonyl (C=O) groups is 1. The van der Waals surface area contributed by atoms with Gasteiger partial charge in [0.2, 0.25) is 20.0 Å². The van der Waals surface area contributed by atoms with Crippen molar-refractivity contribution in [3.63, 3.8) is 0 Å². The smallest absolute Gasteiger partial charge is 0.255 e. The van der Waals surface area contributed by atoms with Crippen molar-refractivity contribution in [2.45, 2.75) is 16.7 Å². The Balaban J connectivity index is 1.92. The molecule has 1 aliphatic heterocycles. The number of carbonyl (C=O) groups excluding carboxylic acids is 1. The molecule has 1 fully saturated rings. The normalized spacial score (nSPS) is 15.7. The molecule has 1 saturated heterocycles. The van der Waals surface area contributed by atoms with E-state index in [1.165, 1.54) is 48.7 Å². The van der Waals surface area contributed by atoms with Crippen LogP contribution in [0.5, 0.6) is 0 Å². The molecule has 1 aliphatic rings. The first kappa shape index (κ1) is 24.6. The lowest BCUT2D eigenvalue weighted by atomic mass is 10.1. The average Bonchev–Trinajstić information content (AvgIpc) is 2.75.